The zero-order valence-corrected chi connectivity index (χ0v) is 72.5. The van der Waals surface area contributed by atoms with Crippen LogP contribution in [0.5, 0.6) is 5.75 Å². The van der Waals surface area contributed by atoms with Crippen LogP contribution in [-0.2, 0) is 80.1 Å². The second-order valence-electron chi connectivity index (χ2n) is 32.8. The average Bonchev–Trinajstić information content (AvgIpc) is 1.69. The molecule has 0 unspecified atom stereocenters. The standard InChI is InChI=1S/C53H67N9O10S.C34H50N4O9S/c1-6-37-50(68)61-23-11-14-38(61)51(69)59(5)40(26-32-16-18-36(19-17-32)58(3)4)52(70)62-28-35(30-73-43-29-60-24-20-33(43)21-25-60)42(64)27-39(62)47(65)57-45(34-12-8-7-9-13-34)53(71)72-31(2)44(48(66)55-37)56-49(67)46-41(63)15-10-22-54-46;1-7-37(8-2)16-17-48(44,45)28-13-15-38-31(28)34(43)47-32(22(3)4)24(6)11-12-29(41)35-14-9-10-23(5)18-25(39)19-26(40)20-30-36-27(21-46-30)33(38)42/h7-10,12-13,15-19,22,31,33,35,37-40,43-45,63H,6,11,14,20-21,23-30H2,1-5H3,(H,55,66)(H,56,67)(H,57,65);9-12,18,21-22,24-25,28,31-32,39H,7-8,13-17,19-20H2,1-6H3,(H,35,41)/b;10-9-,12-11-,23-18-/t31-,35+,37-,38+,39+,40+,43-,44+,45+;24-,25-,28-,31-,32-/m11/s1. The van der Waals surface area contributed by atoms with E-state index >= 15 is 14.4 Å². The number of aromatic hydroxyl groups is 1. The number of hydrogen-bond acceptors (Lipinski definition) is 25. The summed E-state index contributed by atoms with van der Waals surface area (Å²) in [5, 5.41) is 30.8. The maximum Gasteiger partial charge on any atom is 0.333 e. The predicted octanol–water partition coefficient (Wildman–Crippen LogP) is 4.59. The molecule has 12 rings (SSSR count). The van der Waals surface area contributed by atoms with E-state index in [0.29, 0.717) is 42.0 Å². The lowest BCUT2D eigenvalue weighted by atomic mass is 9.88. The molecular formula is C87H117N13O19S2. The second-order valence-corrected chi connectivity index (χ2v) is 36.4. The number of ether oxygens (including phenoxy) is 2. The van der Waals surface area contributed by atoms with Gasteiger partial charge in [-0.3, -0.25) is 47.9 Å². The Morgan fingerprint density at radius 3 is 2.17 bits per heavy atom. The Hall–Kier alpha value is -10.2. The third kappa shape index (κ3) is 23.8. The van der Waals surface area contributed by atoms with Gasteiger partial charge in [0.15, 0.2) is 27.3 Å². The van der Waals surface area contributed by atoms with Gasteiger partial charge in [-0.2, -0.15) is 11.8 Å². The Labute approximate surface area is 711 Å². The number of carbonyl (C=O) groups excluding carboxylic acids is 12. The van der Waals surface area contributed by atoms with Crippen molar-refractivity contribution in [2.75, 3.05) is 103 Å². The Balaban J connectivity index is 0.000000278. The van der Waals surface area contributed by atoms with Crippen molar-refractivity contribution >= 4 is 98.0 Å². The number of nitrogens with one attached hydrogen (secondary N) is 4. The Morgan fingerprint density at radius 1 is 0.785 bits per heavy atom. The van der Waals surface area contributed by atoms with Crippen LogP contribution in [0.2, 0.25) is 0 Å². The molecule has 2 aromatic heterocycles. The summed E-state index contributed by atoms with van der Waals surface area (Å²) in [4.78, 5) is 190. The molecule has 7 fully saturated rings. The van der Waals surface area contributed by atoms with E-state index in [1.165, 1.54) is 59.2 Å². The monoisotopic (exact) mass is 1710 g/mol. The third-order valence-corrected chi connectivity index (χ3v) is 27.5. The highest BCUT2D eigenvalue weighted by molar-refractivity contribution is 8.00. The highest BCUT2D eigenvalue weighted by atomic mass is 32.2. The zero-order valence-electron chi connectivity index (χ0n) is 70.9. The van der Waals surface area contributed by atoms with Gasteiger partial charge in [-0.15, -0.1) is 0 Å². The van der Waals surface area contributed by atoms with E-state index < -0.39 is 152 Å². The number of cyclic esters (lactones) is 2. The van der Waals surface area contributed by atoms with Gasteiger partial charge in [-0.1, -0.05) is 114 Å². The van der Waals surface area contributed by atoms with Crippen molar-refractivity contribution < 1.29 is 90.1 Å². The molecule has 32 nitrogen and oxygen atoms in total. The summed E-state index contributed by atoms with van der Waals surface area (Å²) in [5.74, 6) is -9.05. The van der Waals surface area contributed by atoms with Crippen molar-refractivity contribution in [3.05, 3.63) is 144 Å². The van der Waals surface area contributed by atoms with Crippen LogP contribution in [0.15, 0.2) is 120 Å². The van der Waals surface area contributed by atoms with E-state index in [1.54, 1.807) is 81.1 Å². The Bertz CT molecular complexity index is 4590. The van der Waals surface area contributed by atoms with Crippen LogP contribution in [0.25, 0.3) is 0 Å². The van der Waals surface area contributed by atoms with E-state index in [-0.39, 0.29) is 124 Å². The lowest BCUT2D eigenvalue weighted by Gasteiger charge is -2.45. The molecule has 6 N–H and O–H groups in total. The number of hydrogen-bond donors (Lipinski definition) is 6. The SMILES string of the molecule is CCN(CC)CCS(=O)(=O)[C@@H]1CCN2C(=O)c3coc(n3)CC(=O)C[C@H](O)/C=C(C)\C=C/CNC(=O)/C=C\[C@@H](C)[C@@H](C(C)C)OC(=O)[C@@H]12.CC[C@H]1NC(=O)[C@@H](NC(=O)c2ncccc2O)[C@@H](C)OC(=O)[C@H](c2ccccc2)NC(=O)[C@@H]2CC(=O)[C@H](CS[C@@H]3CN4CCC3CC4)CN2C(=O)[C@H](Cc2ccc(N(C)C)cc2)N(C)C(=O)[C@@H]2CCCN2C1=O. The summed E-state index contributed by atoms with van der Waals surface area (Å²) in [6.45, 7) is 19.0. The van der Waals surface area contributed by atoms with Crippen LogP contribution in [0, 0.1) is 23.7 Å². The molecule has 10 heterocycles. The number of pyridine rings is 1. The van der Waals surface area contributed by atoms with Gasteiger partial charge in [0.25, 0.3) is 11.8 Å². The molecule has 8 aliphatic rings. The van der Waals surface area contributed by atoms with Crippen LogP contribution in [0.3, 0.4) is 0 Å². The molecule has 0 aliphatic carbocycles. The van der Waals surface area contributed by atoms with E-state index in [9.17, 15) is 61.8 Å². The van der Waals surface area contributed by atoms with Crippen molar-refractivity contribution in [3.8, 4) is 5.75 Å². The van der Waals surface area contributed by atoms with Crippen molar-refractivity contribution in [1.29, 1.82) is 0 Å². The zero-order chi connectivity index (χ0) is 87.7. The van der Waals surface area contributed by atoms with Crippen molar-refractivity contribution in [3.63, 3.8) is 0 Å². The van der Waals surface area contributed by atoms with Gasteiger partial charge < -0.3 is 79.7 Å². The highest BCUT2D eigenvalue weighted by Crippen LogP contribution is 2.38. The fourth-order valence-electron chi connectivity index (χ4n) is 16.8. The van der Waals surface area contributed by atoms with Crippen molar-refractivity contribution in [2.45, 2.75) is 191 Å². The van der Waals surface area contributed by atoms with Gasteiger partial charge in [0.2, 0.25) is 41.3 Å². The number of piperidine rings is 4. The topological polar surface area (TPSA) is 408 Å². The lowest BCUT2D eigenvalue weighted by Crippen LogP contribution is -2.63. The van der Waals surface area contributed by atoms with E-state index in [0.717, 1.165) is 54.9 Å². The number of aromatic nitrogens is 2. The number of sulfone groups is 1. The molecule has 0 spiro atoms. The second kappa shape index (κ2) is 42.6. The minimum absolute atomic E-state index is 0.0243. The summed E-state index contributed by atoms with van der Waals surface area (Å²) >= 11 is 1.73. The minimum atomic E-state index is -3.87. The molecule has 121 heavy (non-hydrogen) atoms. The number of allylic oxidation sites excluding steroid dienone is 2. The van der Waals surface area contributed by atoms with E-state index in [4.69, 9.17) is 13.9 Å². The molecule has 0 saturated carbocycles. The first-order valence-corrected chi connectivity index (χ1v) is 44.7. The number of likely N-dealkylation sites (N-methyl/N-ethyl adjacent to an activating group) is 1. The first kappa shape index (κ1) is 93.1. The molecule has 14 atom stereocenters. The van der Waals surface area contributed by atoms with Crippen molar-refractivity contribution in [2.24, 2.45) is 23.7 Å². The third-order valence-electron chi connectivity index (χ3n) is 23.8. The van der Waals surface area contributed by atoms with Crippen molar-refractivity contribution in [1.82, 2.24) is 60.6 Å². The number of fused-ring (bicyclic) bond motifs is 8. The number of oxazole rings is 1. The number of ketones is 2. The number of benzene rings is 2. The number of Topliss-reactive ketones (excluding diaryl/α,β-unsaturated/α-hetero) is 2. The summed E-state index contributed by atoms with van der Waals surface area (Å²) in [7, 11) is 1.46. The maximum atomic E-state index is 15.7. The number of aliphatic hydroxyl groups is 1. The van der Waals surface area contributed by atoms with Crippen LogP contribution >= 0.6 is 11.8 Å². The highest BCUT2D eigenvalue weighted by Gasteiger charge is 2.52. The smallest absolute Gasteiger partial charge is 0.333 e. The maximum absolute atomic E-state index is 15.7. The molecule has 4 bridgehead atoms. The number of nitrogens with zero attached hydrogens (tertiary/aromatic N) is 9. The Kier molecular flexibility index (Phi) is 32.8. The van der Waals surface area contributed by atoms with Crippen LogP contribution in [-0.4, -0.2) is 292 Å². The molecule has 4 aromatic rings. The normalized spacial score (nSPS) is 28.9. The van der Waals surface area contributed by atoms with Gasteiger partial charge in [0, 0.05) is 114 Å². The summed E-state index contributed by atoms with van der Waals surface area (Å²) in [6.07, 6.45) is 9.09. The van der Waals surface area contributed by atoms with Crippen LogP contribution in [0.1, 0.15) is 151 Å². The van der Waals surface area contributed by atoms with Gasteiger partial charge in [-0.05, 0) is 132 Å². The quantitative estimate of drug-likeness (QED) is 0.0787. The fourth-order valence-corrected chi connectivity index (χ4v) is 20.3. The fraction of sp³-hybridized carbons (Fsp3) is 0.563. The Morgan fingerprint density at radius 2 is 1.50 bits per heavy atom. The van der Waals surface area contributed by atoms with E-state index in [2.05, 4.69) is 36.1 Å². The molecule has 7 saturated heterocycles. The number of rotatable bonds is 17. The lowest BCUT2D eigenvalue weighted by molar-refractivity contribution is -0.158. The predicted molar refractivity (Wildman–Crippen MR) is 452 cm³/mol. The molecule has 8 amide bonds. The van der Waals surface area contributed by atoms with Gasteiger partial charge in [0.1, 0.15) is 72.0 Å². The molecule has 8 aliphatic heterocycles. The number of carbonyl (C=O) groups is 12. The van der Waals surface area contributed by atoms with E-state index in [1.807, 2.05) is 75.9 Å². The van der Waals surface area contributed by atoms with Gasteiger partial charge >= 0.3 is 11.9 Å². The van der Waals surface area contributed by atoms with Gasteiger partial charge in [-0.25, -0.2) is 28.0 Å². The number of thioether (sulfide) groups is 1. The largest absolute Gasteiger partial charge is 0.505 e. The van der Waals surface area contributed by atoms with Gasteiger partial charge in [0.05, 0.1) is 23.5 Å². The molecule has 656 valence electrons. The number of amides is 8. The average molecular weight is 1710 g/mol. The molecule has 34 heteroatoms. The number of anilines is 1. The summed E-state index contributed by atoms with van der Waals surface area (Å²) < 4.78 is 44.9. The summed E-state index contributed by atoms with van der Waals surface area (Å²) in [6, 6.07) is 8.81. The van der Waals surface area contributed by atoms with Crippen LogP contribution in [0.4, 0.5) is 5.69 Å². The first-order valence-electron chi connectivity index (χ1n) is 41.9. The first-order chi connectivity index (χ1) is 57.7. The number of esters is 2. The van der Waals surface area contributed by atoms with Crippen LogP contribution < -0.4 is 26.2 Å². The molecule has 2 aromatic carbocycles. The minimum Gasteiger partial charge on any atom is -0.505 e. The summed E-state index contributed by atoms with van der Waals surface area (Å²) in [5.41, 5.74) is 1.99. The number of aliphatic hydroxyl groups excluding tert-OH is 1. The molecule has 0 radical (unpaired) electrons. The molecular weight excluding hydrogens is 1600 g/mol.